The summed E-state index contributed by atoms with van der Waals surface area (Å²) < 4.78 is 27.9. The molecular weight excluding hydrogens is 316 g/mol. The van der Waals surface area contributed by atoms with Gasteiger partial charge in [0, 0.05) is 34.3 Å². The summed E-state index contributed by atoms with van der Waals surface area (Å²) in [7, 11) is 2.69. The number of benzene rings is 1. The number of anilines is 1. The van der Waals surface area contributed by atoms with Gasteiger partial charge in [0.1, 0.15) is 10.6 Å². The Morgan fingerprint density at radius 3 is 2.48 bits per heavy atom. The van der Waals surface area contributed by atoms with Gasteiger partial charge in [-0.15, -0.1) is 0 Å². The van der Waals surface area contributed by atoms with Crippen LogP contribution in [0.3, 0.4) is 0 Å². The van der Waals surface area contributed by atoms with Gasteiger partial charge in [0.05, 0.1) is 7.11 Å². The number of carbonyl (C=O) groups excluding carboxylic acids is 1. The second kappa shape index (κ2) is 6.11. The average molecular weight is 327 g/mol. The van der Waals surface area contributed by atoms with Gasteiger partial charge in [0.15, 0.2) is 0 Å². The molecule has 110 valence electrons. The summed E-state index contributed by atoms with van der Waals surface area (Å²) in [6.07, 6.45) is 2.97. The standard InChI is InChI=1S/C13H11ClN2O4S/c1-20-11-3-2-10(8-12(11)21(14,18)19)16-13(17)9-4-6-15-7-5-9/h2-8H,1H3,(H,16,17). The molecule has 1 N–H and O–H groups in total. The van der Waals surface area contributed by atoms with Crippen molar-refractivity contribution in [2.24, 2.45) is 0 Å². The molecule has 0 aliphatic heterocycles. The molecule has 1 aromatic heterocycles. The van der Waals surface area contributed by atoms with E-state index in [4.69, 9.17) is 15.4 Å². The first-order chi connectivity index (χ1) is 9.91. The maximum atomic E-state index is 12.0. The van der Waals surface area contributed by atoms with Crippen LogP contribution >= 0.6 is 10.7 Å². The number of ether oxygens (including phenoxy) is 1. The number of aromatic nitrogens is 1. The summed E-state index contributed by atoms with van der Waals surface area (Å²) >= 11 is 0. The van der Waals surface area contributed by atoms with Crippen molar-refractivity contribution in [3.05, 3.63) is 48.3 Å². The van der Waals surface area contributed by atoms with E-state index in [9.17, 15) is 13.2 Å². The van der Waals surface area contributed by atoms with Crippen molar-refractivity contribution in [2.45, 2.75) is 4.90 Å². The maximum Gasteiger partial charge on any atom is 0.265 e. The van der Waals surface area contributed by atoms with E-state index in [1.165, 1.54) is 49.8 Å². The van der Waals surface area contributed by atoms with Crippen LogP contribution in [0.25, 0.3) is 0 Å². The number of nitrogens with zero attached hydrogens (tertiary/aromatic N) is 1. The minimum absolute atomic E-state index is 0.104. The topological polar surface area (TPSA) is 85.4 Å². The van der Waals surface area contributed by atoms with Crippen LogP contribution < -0.4 is 10.1 Å². The molecule has 1 amide bonds. The minimum Gasteiger partial charge on any atom is -0.495 e. The number of rotatable bonds is 4. The van der Waals surface area contributed by atoms with Gasteiger partial charge in [0.2, 0.25) is 0 Å². The van der Waals surface area contributed by atoms with E-state index >= 15 is 0 Å². The smallest absolute Gasteiger partial charge is 0.265 e. The predicted molar refractivity (Wildman–Crippen MR) is 78.2 cm³/mol. The van der Waals surface area contributed by atoms with Crippen molar-refractivity contribution in [2.75, 3.05) is 12.4 Å². The Labute approximate surface area is 126 Å². The minimum atomic E-state index is -3.98. The summed E-state index contributed by atoms with van der Waals surface area (Å²) in [5, 5.41) is 2.58. The summed E-state index contributed by atoms with van der Waals surface area (Å²) in [6, 6.07) is 7.25. The van der Waals surface area contributed by atoms with Gasteiger partial charge < -0.3 is 10.1 Å². The quantitative estimate of drug-likeness (QED) is 0.871. The number of amides is 1. The highest BCUT2D eigenvalue weighted by atomic mass is 35.7. The number of halogens is 1. The largest absolute Gasteiger partial charge is 0.495 e. The summed E-state index contributed by atoms with van der Waals surface area (Å²) in [5.74, 6) is -0.285. The molecule has 8 heteroatoms. The van der Waals surface area contributed by atoms with Crippen LogP contribution in [0.5, 0.6) is 5.75 Å². The first-order valence-electron chi connectivity index (χ1n) is 5.76. The predicted octanol–water partition coefficient (Wildman–Crippen LogP) is 2.27. The third-order valence-electron chi connectivity index (χ3n) is 2.63. The van der Waals surface area contributed by atoms with E-state index in [2.05, 4.69) is 10.3 Å². The van der Waals surface area contributed by atoms with Crippen LogP contribution in [-0.4, -0.2) is 26.4 Å². The molecule has 1 heterocycles. The molecule has 0 saturated heterocycles. The van der Waals surface area contributed by atoms with E-state index in [0.29, 0.717) is 5.56 Å². The molecular formula is C13H11ClN2O4S. The SMILES string of the molecule is COc1ccc(NC(=O)c2ccncc2)cc1S(=O)(=O)Cl. The zero-order chi connectivity index (χ0) is 15.5. The van der Waals surface area contributed by atoms with E-state index in [1.807, 2.05) is 0 Å². The highest BCUT2D eigenvalue weighted by molar-refractivity contribution is 8.13. The van der Waals surface area contributed by atoms with E-state index in [1.54, 1.807) is 0 Å². The zero-order valence-corrected chi connectivity index (χ0v) is 12.5. The lowest BCUT2D eigenvalue weighted by molar-refractivity contribution is 0.102. The van der Waals surface area contributed by atoms with Crippen LogP contribution in [-0.2, 0) is 9.05 Å². The molecule has 0 aliphatic rings. The number of pyridine rings is 1. The molecule has 6 nitrogen and oxygen atoms in total. The van der Waals surface area contributed by atoms with Crippen LogP contribution in [0, 0.1) is 0 Å². The lowest BCUT2D eigenvalue weighted by atomic mass is 10.2. The molecule has 0 atom stereocenters. The second-order valence-electron chi connectivity index (χ2n) is 3.99. The van der Waals surface area contributed by atoms with E-state index < -0.39 is 9.05 Å². The van der Waals surface area contributed by atoms with Gasteiger partial charge >= 0.3 is 0 Å². The lowest BCUT2D eigenvalue weighted by Crippen LogP contribution is -2.12. The first kappa shape index (κ1) is 15.3. The number of hydrogen-bond donors (Lipinski definition) is 1. The molecule has 0 radical (unpaired) electrons. The van der Waals surface area contributed by atoms with Crippen molar-refractivity contribution in [1.29, 1.82) is 0 Å². The van der Waals surface area contributed by atoms with Crippen molar-refractivity contribution < 1.29 is 17.9 Å². The van der Waals surface area contributed by atoms with Crippen molar-refractivity contribution in [1.82, 2.24) is 4.98 Å². The molecule has 2 aromatic rings. The van der Waals surface area contributed by atoms with Crippen LogP contribution in [0.15, 0.2) is 47.6 Å². The van der Waals surface area contributed by atoms with E-state index in [-0.39, 0.29) is 22.2 Å². The van der Waals surface area contributed by atoms with Gasteiger partial charge in [-0.3, -0.25) is 9.78 Å². The molecule has 2 rings (SSSR count). The van der Waals surface area contributed by atoms with Gasteiger partial charge in [-0.25, -0.2) is 8.42 Å². The fourth-order valence-corrected chi connectivity index (χ4v) is 2.67. The van der Waals surface area contributed by atoms with Crippen LogP contribution in [0.4, 0.5) is 5.69 Å². The Kier molecular flexibility index (Phi) is 4.44. The van der Waals surface area contributed by atoms with E-state index in [0.717, 1.165) is 0 Å². The van der Waals surface area contributed by atoms with Gasteiger partial charge in [0.25, 0.3) is 15.0 Å². The number of methoxy groups -OCH3 is 1. The van der Waals surface area contributed by atoms with Crippen molar-refractivity contribution in [3.63, 3.8) is 0 Å². The van der Waals surface area contributed by atoms with Gasteiger partial charge in [-0.2, -0.15) is 0 Å². The Bertz CT molecular complexity index is 763. The molecule has 0 fully saturated rings. The molecule has 0 spiro atoms. The Morgan fingerprint density at radius 1 is 1.24 bits per heavy atom. The summed E-state index contributed by atoms with van der Waals surface area (Å²) in [4.78, 5) is 15.6. The molecule has 21 heavy (non-hydrogen) atoms. The van der Waals surface area contributed by atoms with Crippen molar-refractivity contribution >= 4 is 31.3 Å². The third kappa shape index (κ3) is 3.71. The summed E-state index contributed by atoms with van der Waals surface area (Å²) in [6.45, 7) is 0. The molecule has 0 bridgehead atoms. The normalized spacial score (nSPS) is 11.0. The first-order valence-corrected chi connectivity index (χ1v) is 8.07. The number of hydrogen-bond acceptors (Lipinski definition) is 5. The average Bonchev–Trinajstić information content (AvgIpc) is 2.47. The monoisotopic (exact) mass is 326 g/mol. The molecule has 0 aliphatic carbocycles. The third-order valence-corrected chi connectivity index (χ3v) is 3.97. The molecule has 1 aromatic carbocycles. The molecule has 0 unspecified atom stereocenters. The fraction of sp³-hybridized carbons (Fsp3) is 0.0769. The molecule has 0 saturated carbocycles. The highest BCUT2D eigenvalue weighted by Crippen LogP contribution is 2.29. The fourth-order valence-electron chi connectivity index (χ4n) is 1.65. The lowest BCUT2D eigenvalue weighted by Gasteiger charge is -2.09. The van der Waals surface area contributed by atoms with Gasteiger partial charge in [-0.05, 0) is 30.3 Å². The maximum absolute atomic E-state index is 12.0. The van der Waals surface area contributed by atoms with Crippen molar-refractivity contribution in [3.8, 4) is 5.75 Å². The Balaban J connectivity index is 2.32. The second-order valence-corrected chi connectivity index (χ2v) is 6.53. The van der Waals surface area contributed by atoms with Crippen LogP contribution in [0.1, 0.15) is 10.4 Å². The summed E-state index contributed by atoms with van der Waals surface area (Å²) in [5.41, 5.74) is 0.688. The van der Waals surface area contributed by atoms with Gasteiger partial charge in [-0.1, -0.05) is 0 Å². The Morgan fingerprint density at radius 2 is 1.90 bits per heavy atom. The van der Waals surface area contributed by atoms with Crippen LogP contribution in [0.2, 0.25) is 0 Å². The Hall–Kier alpha value is -2.12. The number of nitrogens with one attached hydrogen (secondary N) is 1. The highest BCUT2D eigenvalue weighted by Gasteiger charge is 2.18. The zero-order valence-electron chi connectivity index (χ0n) is 10.9. The number of carbonyl (C=O) groups is 1.